The number of hydrogen-bond acceptors (Lipinski definition) is 3. The highest BCUT2D eigenvalue weighted by molar-refractivity contribution is 7.89. The van der Waals surface area contributed by atoms with Crippen LogP contribution in [0.15, 0.2) is 0 Å². The number of carbonyl (C=O) groups is 1. The Morgan fingerprint density at radius 1 is 1.36 bits per heavy atom. The lowest BCUT2D eigenvalue weighted by molar-refractivity contribution is -0.137. The normalized spacial score (nSPS) is 11.9. The van der Waals surface area contributed by atoms with Crippen molar-refractivity contribution in [1.82, 2.24) is 4.31 Å². The van der Waals surface area contributed by atoms with Gasteiger partial charge in [-0.05, 0) is 6.42 Å². The third-order valence-electron chi connectivity index (χ3n) is 1.78. The Labute approximate surface area is 84.8 Å². The van der Waals surface area contributed by atoms with Gasteiger partial charge in [-0.1, -0.05) is 13.8 Å². The Morgan fingerprint density at radius 2 is 1.93 bits per heavy atom. The second-order valence-corrected chi connectivity index (χ2v) is 5.04. The van der Waals surface area contributed by atoms with Crippen LogP contribution in [0, 0.1) is 0 Å². The molecular formula is C8H17NO4S. The van der Waals surface area contributed by atoms with Crippen molar-refractivity contribution in [3.05, 3.63) is 0 Å². The summed E-state index contributed by atoms with van der Waals surface area (Å²) in [6.45, 7) is 3.88. The third-order valence-corrected chi connectivity index (χ3v) is 3.93. The van der Waals surface area contributed by atoms with Gasteiger partial charge in [0.15, 0.2) is 0 Å². The molecule has 0 saturated carbocycles. The van der Waals surface area contributed by atoms with Crippen LogP contribution >= 0.6 is 0 Å². The first-order chi connectivity index (χ1) is 6.44. The second kappa shape index (κ2) is 5.98. The number of carboxylic acid groups (broad SMARTS) is 1. The van der Waals surface area contributed by atoms with Crippen molar-refractivity contribution in [3.63, 3.8) is 0 Å². The Balaban J connectivity index is 4.32. The van der Waals surface area contributed by atoms with Crippen molar-refractivity contribution >= 4 is 16.0 Å². The van der Waals surface area contributed by atoms with E-state index in [0.29, 0.717) is 13.0 Å². The predicted octanol–water partition coefficient (Wildman–Crippen LogP) is 0.523. The molecule has 6 heteroatoms. The number of carboxylic acids is 1. The first kappa shape index (κ1) is 13.4. The highest BCUT2D eigenvalue weighted by Gasteiger charge is 2.19. The standard InChI is InChI=1S/C8H17NO4S/c1-3-7-14(12,13)9(4-2)6-5-8(10)11/h3-7H2,1-2H3,(H,10,11). The van der Waals surface area contributed by atoms with Crippen LogP contribution in [-0.2, 0) is 14.8 Å². The van der Waals surface area contributed by atoms with Gasteiger partial charge in [0.2, 0.25) is 10.0 Å². The number of nitrogens with zero attached hydrogens (tertiary/aromatic N) is 1. The van der Waals surface area contributed by atoms with Crippen molar-refractivity contribution < 1.29 is 18.3 Å². The van der Waals surface area contributed by atoms with Gasteiger partial charge >= 0.3 is 5.97 Å². The molecule has 0 aromatic rings. The molecule has 0 amide bonds. The highest BCUT2D eigenvalue weighted by Crippen LogP contribution is 2.04. The van der Waals surface area contributed by atoms with Crippen molar-refractivity contribution in [1.29, 1.82) is 0 Å². The lowest BCUT2D eigenvalue weighted by Gasteiger charge is -2.18. The van der Waals surface area contributed by atoms with Crippen molar-refractivity contribution in [2.24, 2.45) is 0 Å². The molecule has 0 bridgehead atoms. The van der Waals surface area contributed by atoms with E-state index in [1.807, 2.05) is 0 Å². The van der Waals surface area contributed by atoms with Gasteiger partial charge in [-0.3, -0.25) is 4.79 Å². The summed E-state index contributed by atoms with van der Waals surface area (Å²) in [6, 6.07) is 0. The molecule has 0 rings (SSSR count). The molecule has 14 heavy (non-hydrogen) atoms. The van der Waals surface area contributed by atoms with Gasteiger partial charge in [-0.25, -0.2) is 12.7 Å². The second-order valence-electron chi connectivity index (χ2n) is 2.95. The smallest absolute Gasteiger partial charge is 0.304 e. The van der Waals surface area contributed by atoms with E-state index >= 15 is 0 Å². The summed E-state index contributed by atoms with van der Waals surface area (Å²) in [4.78, 5) is 10.3. The molecular weight excluding hydrogens is 206 g/mol. The minimum Gasteiger partial charge on any atom is -0.481 e. The Hall–Kier alpha value is -0.620. The summed E-state index contributed by atoms with van der Waals surface area (Å²) in [5, 5.41) is 8.43. The number of hydrogen-bond donors (Lipinski definition) is 1. The largest absolute Gasteiger partial charge is 0.481 e. The zero-order chi connectivity index (χ0) is 11.2. The highest BCUT2D eigenvalue weighted by atomic mass is 32.2. The van der Waals surface area contributed by atoms with E-state index in [9.17, 15) is 13.2 Å². The van der Waals surface area contributed by atoms with E-state index in [1.54, 1.807) is 13.8 Å². The molecule has 0 fully saturated rings. The Bertz CT molecular complexity index is 273. The van der Waals surface area contributed by atoms with Crippen LogP contribution in [0.5, 0.6) is 0 Å². The Kier molecular flexibility index (Phi) is 5.71. The molecule has 0 aromatic heterocycles. The minimum atomic E-state index is -3.25. The average molecular weight is 223 g/mol. The molecule has 84 valence electrons. The summed E-state index contributed by atoms with van der Waals surface area (Å²) < 4.78 is 24.2. The zero-order valence-electron chi connectivity index (χ0n) is 8.56. The fourth-order valence-corrected chi connectivity index (χ4v) is 2.64. The molecule has 0 spiro atoms. The fraction of sp³-hybridized carbons (Fsp3) is 0.875. The van der Waals surface area contributed by atoms with Gasteiger partial charge in [0.05, 0.1) is 12.2 Å². The van der Waals surface area contributed by atoms with Crippen LogP contribution in [0.2, 0.25) is 0 Å². The van der Waals surface area contributed by atoms with Gasteiger partial charge in [-0.15, -0.1) is 0 Å². The van der Waals surface area contributed by atoms with Crippen LogP contribution in [0.1, 0.15) is 26.7 Å². The molecule has 1 N–H and O–H groups in total. The van der Waals surface area contributed by atoms with E-state index in [-0.39, 0.29) is 18.7 Å². The maximum absolute atomic E-state index is 11.5. The monoisotopic (exact) mass is 223 g/mol. The van der Waals surface area contributed by atoms with E-state index in [1.165, 1.54) is 4.31 Å². The topological polar surface area (TPSA) is 74.7 Å². The van der Waals surface area contributed by atoms with Crippen LogP contribution in [0.25, 0.3) is 0 Å². The SMILES string of the molecule is CCCS(=O)(=O)N(CC)CCC(=O)O. The molecule has 0 aliphatic carbocycles. The Morgan fingerprint density at radius 3 is 2.29 bits per heavy atom. The predicted molar refractivity (Wildman–Crippen MR) is 53.6 cm³/mol. The maximum atomic E-state index is 11.5. The zero-order valence-corrected chi connectivity index (χ0v) is 9.38. The number of rotatable bonds is 7. The molecule has 0 aliphatic heterocycles. The van der Waals surface area contributed by atoms with E-state index in [0.717, 1.165) is 0 Å². The molecule has 5 nitrogen and oxygen atoms in total. The lowest BCUT2D eigenvalue weighted by atomic mass is 10.4. The molecule has 0 radical (unpaired) electrons. The van der Waals surface area contributed by atoms with Gasteiger partial charge in [-0.2, -0.15) is 0 Å². The van der Waals surface area contributed by atoms with Gasteiger partial charge < -0.3 is 5.11 Å². The summed E-state index contributed by atoms with van der Waals surface area (Å²) in [6.07, 6.45) is 0.405. The molecule has 0 saturated heterocycles. The molecule has 0 aliphatic rings. The maximum Gasteiger partial charge on any atom is 0.304 e. The first-order valence-corrected chi connectivity index (χ1v) is 6.24. The van der Waals surface area contributed by atoms with E-state index < -0.39 is 16.0 Å². The van der Waals surface area contributed by atoms with Crippen molar-refractivity contribution in [2.45, 2.75) is 26.7 Å². The van der Waals surface area contributed by atoms with Crippen LogP contribution in [0.4, 0.5) is 0 Å². The summed E-state index contributed by atoms with van der Waals surface area (Å²) in [5.41, 5.74) is 0. The number of aliphatic carboxylic acids is 1. The average Bonchev–Trinajstić information content (AvgIpc) is 2.03. The summed E-state index contributed by atoms with van der Waals surface area (Å²) in [5.74, 6) is -0.893. The molecule has 0 aromatic carbocycles. The van der Waals surface area contributed by atoms with Gasteiger partial charge in [0.1, 0.15) is 0 Å². The van der Waals surface area contributed by atoms with Crippen molar-refractivity contribution in [2.75, 3.05) is 18.8 Å². The molecule has 0 heterocycles. The summed E-state index contributed by atoms with van der Waals surface area (Å²) in [7, 11) is -3.25. The number of sulfonamides is 1. The fourth-order valence-electron chi connectivity index (χ4n) is 1.10. The summed E-state index contributed by atoms with van der Waals surface area (Å²) >= 11 is 0. The third kappa shape index (κ3) is 4.57. The quantitative estimate of drug-likeness (QED) is 0.683. The van der Waals surface area contributed by atoms with Crippen LogP contribution in [-0.4, -0.2) is 42.6 Å². The minimum absolute atomic E-state index is 0.0637. The lowest BCUT2D eigenvalue weighted by Crippen LogP contribution is -2.34. The van der Waals surface area contributed by atoms with E-state index in [4.69, 9.17) is 5.11 Å². The molecule has 0 unspecified atom stereocenters. The van der Waals surface area contributed by atoms with Crippen LogP contribution < -0.4 is 0 Å². The van der Waals surface area contributed by atoms with Crippen molar-refractivity contribution in [3.8, 4) is 0 Å². The first-order valence-electron chi connectivity index (χ1n) is 4.63. The van der Waals surface area contributed by atoms with E-state index in [2.05, 4.69) is 0 Å². The van der Waals surface area contributed by atoms with Gasteiger partial charge in [0, 0.05) is 13.1 Å². The molecule has 0 atom stereocenters. The van der Waals surface area contributed by atoms with Crippen LogP contribution in [0.3, 0.4) is 0 Å². The van der Waals surface area contributed by atoms with Gasteiger partial charge in [0.25, 0.3) is 0 Å².